The van der Waals surface area contributed by atoms with Crippen LogP contribution in [-0.2, 0) is 10.0 Å². The molecule has 1 amide bonds. The smallest absolute Gasteiger partial charge is 0.264 e. The van der Waals surface area contributed by atoms with Gasteiger partial charge in [-0.05, 0) is 54.8 Å². The summed E-state index contributed by atoms with van der Waals surface area (Å²) in [4.78, 5) is 13.6. The second kappa shape index (κ2) is 9.23. The fraction of sp³-hybridized carbons (Fsp3) is 0.136. The summed E-state index contributed by atoms with van der Waals surface area (Å²) >= 11 is 1.53. The van der Waals surface area contributed by atoms with Crippen LogP contribution in [0.5, 0.6) is 5.75 Å². The maximum Gasteiger partial charge on any atom is 0.264 e. The predicted molar refractivity (Wildman–Crippen MR) is 121 cm³/mol. The molecule has 6 nitrogen and oxygen atoms in total. The molecule has 0 heterocycles. The largest absolute Gasteiger partial charge is 0.495 e. The third kappa shape index (κ3) is 4.44. The molecule has 0 saturated carbocycles. The van der Waals surface area contributed by atoms with Gasteiger partial charge in [-0.1, -0.05) is 24.3 Å². The first-order valence-electron chi connectivity index (χ1n) is 9.05. The van der Waals surface area contributed by atoms with E-state index in [0.29, 0.717) is 22.7 Å². The lowest BCUT2D eigenvalue weighted by Crippen LogP contribution is -2.27. The minimum atomic E-state index is -3.82. The Kier molecular flexibility index (Phi) is 6.69. The Labute approximate surface area is 180 Å². The number of thioether (sulfide) groups is 1. The molecule has 3 aromatic rings. The summed E-state index contributed by atoms with van der Waals surface area (Å²) in [6, 6.07) is 20.2. The van der Waals surface area contributed by atoms with Crippen molar-refractivity contribution < 1.29 is 17.9 Å². The molecule has 0 fully saturated rings. The van der Waals surface area contributed by atoms with Crippen LogP contribution in [0.15, 0.2) is 82.6 Å². The van der Waals surface area contributed by atoms with Crippen molar-refractivity contribution in [3.8, 4) is 5.75 Å². The topological polar surface area (TPSA) is 75.7 Å². The van der Waals surface area contributed by atoms with Gasteiger partial charge in [-0.3, -0.25) is 9.10 Å². The molecular formula is C22H22N2O4S2. The van der Waals surface area contributed by atoms with E-state index >= 15 is 0 Å². The van der Waals surface area contributed by atoms with Crippen LogP contribution in [0, 0.1) is 0 Å². The lowest BCUT2D eigenvalue weighted by atomic mass is 10.2. The highest BCUT2D eigenvalue weighted by Crippen LogP contribution is 2.31. The van der Waals surface area contributed by atoms with Gasteiger partial charge in [-0.2, -0.15) is 0 Å². The highest BCUT2D eigenvalue weighted by atomic mass is 32.2. The van der Waals surface area contributed by atoms with Crippen molar-refractivity contribution >= 4 is 39.1 Å². The average molecular weight is 443 g/mol. The first-order chi connectivity index (χ1) is 14.4. The molecule has 0 saturated heterocycles. The van der Waals surface area contributed by atoms with Gasteiger partial charge in [-0.15, -0.1) is 11.8 Å². The van der Waals surface area contributed by atoms with E-state index < -0.39 is 10.0 Å². The zero-order valence-electron chi connectivity index (χ0n) is 16.8. The lowest BCUT2D eigenvalue weighted by Gasteiger charge is -2.21. The first kappa shape index (κ1) is 21.7. The second-order valence-corrected chi connectivity index (χ2v) is 9.14. The maximum absolute atomic E-state index is 13.0. The van der Waals surface area contributed by atoms with Crippen LogP contribution in [0.25, 0.3) is 0 Å². The minimum absolute atomic E-state index is 0.0805. The van der Waals surface area contributed by atoms with Crippen LogP contribution in [0.1, 0.15) is 10.4 Å². The van der Waals surface area contributed by atoms with Crippen molar-refractivity contribution in [2.75, 3.05) is 30.0 Å². The Balaban J connectivity index is 1.83. The number of nitrogens with one attached hydrogen (secondary N) is 1. The molecule has 3 rings (SSSR count). The van der Waals surface area contributed by atoms with Gasteiger partial charge in [0.05, 0.1) is 23.4 Å². The standard InChI is InChI=1S/C22H22N2O4S2/c1-24(19-9-5-6-10-20(19)28-2)30(26,27)17-14-12-16(13-15-17)22(25)23-18-8-4-7-11-21(18)29-3/h4-15H,1-3H3,(H,23,25). The van der Waals surface area contributed by atoms with Gasteiger partial charge in [0.15, 0.2) is 0 Å². The Bertz CT molecular complexity index is 1150. The zero-order valence-corrected chi connectivity index (χ0v) is 18.5. The number of benzene rings is 3. The van der Waals surface area contributed by atoms with Crippen LogP contribution in [0.4, 0.5) is 11.4 Å². The van der Waals surface area contributed by atoms with Gasteiger partial charge in [0.2, 0.25) is 0 Å². The quantitative estimate of drug-likeness (QED) is 0.546. The van der Waals surface area contributed by atoms with E-state index in [1.807, 2.05) is 30.5 Å². The fourth-order valence-corrected chi connectivity index (χ4v) is 4.66. The summed E-state index contributed by atoms with van der Waals surface area (Å²) in [5, 5.41) is 2.86. The molecule has 0 bridgehead atoms. The third-order valence-corrected chi connectivity index (χ3v) is 7.14. The van der Waals surface area contributed by atoms with E-state index in [1.54, 1.807) is 24.3 Å². The van der Waals surface area contributed by atoms with Crippen LogP contribution in [0.3, 0.4) is 0 Å². The Hall–Kier alpha value is -2.97. The predicted octanol–water partition coefficient (Wildman–Crippen LogP) is 4.49. The van der Waals surface area contributed by atoms with E-state index in [0.717, 1.165) is 9.20 Å². The number of rotatable bonds is 7. The average Bonchev–Trinajstić information content (AvgIpc) is 2.78. The molecule has 0 spiro atoms. The molecule has 1 N–H and O–H groups in total. The normalized spacial score (nSPS) is 11.0. The van der Waals surface area contributed by atoms with Crippen LogP contribution < -0.4 is 14.4 Å². The lowest BCUT2D eigenvalue weighted by molar-refractivity contribution is 0.102. The molecule has 0 aromatic heterocycles. The Morgan fingerprint density at radius 1 is 0.967 bits per heavy atom. The van der Waals surface area contributed by atoms with E-state index in [-0.39, 0.29) is 10.8 Å². The van der Waals surface area contributed by atoms with Crippen molar-refractivity contribution in [1.29, 1.82) is 0 Å². The summed E-state index contributed by atoms with van der Waals surface area (Å²) in [5.74, 6) is 0.144. The number of sulfonamides is 1. The first-order valence-corrected chi connectivity index (χ1v) is 11.7. The van der Waals surface area contributed by atoms with Crippen LogP contribution in [0.2, 0.25) is 0 Å². The molecule has 3 aromatic carbocycles. The van der Waals surface area contributed by atoms with Gasteiger partial charge in [0, 0.05) is 17.5 Å². The summed E-state index contributed by atoms with van der Waals surface area (Å²) in [6.07, 6.45) is 1.93. The van der Waals surface area contributed by atoms with Gasteiger partial charge in [0.1, 0.15) is 5.75 Å². The number of para-hydroxylation sites is 3. The Morgan fingerprint density at radius 2 is 1.60 bits per heavy atom. The highest BCUT2D eigenvalue weighted by Gasteiger charge is 2.24. The molecule has 0 unspecified atom stereocenters. The highest BCUT2D eigenvalue weighted by molar-refractivity contribution is 7.98. The van der Waals surface area contributed by atoms with Crippen molar-refractivity contribution in [3.05, 3.63) is 78.4 Å². The van der Waals surface area contributed by atoms with Gasteiger partial charge >= 0.3 is 0 Å². The SMILES string of the molecule is COc1ccccc1N(C)S(=O)(=O)c1ccc(C(=O)Nc2ccccc2SC)cc1. The number of anilines is 2. The molecule has 0 aliphatic carbocycles. The number of carbonyl (C=O) groups is 1. The van der Waals surface area contributed by atoms with E-state index in [4.69, 9.17) is 4.74 Å². The Morgan fingerprint density at radius 3 is 2.27 bits per heavy atom. The van der Waals surface area contributed by atoms with E-state index in [2.05, 4.69) is 5.32 Å². The molecule has 0 radical (unpaired) electrons. The van der Waals surface area contributed by atoms with Gasteiger partial charge in [0.25, 0.3) is 15.9 Å². The van der Waals surface area contributed by atoms with Crippen molar-refractivity contribution in [2.24, 2.45) is 0 Å². The number of amides is 1. The molecule has 30 heavy (non-hydrogen) atoms. The summed E-state index contributed by atoms with van der Waals surface area (Å²) in [5.41, 5.74) is 1.50. The molecule has 0 atom stereocenters. The van der Waals surface area contributed by atoms with E-state index in [1.165, 1.54) is 50.2 Å². The summed E-state index contributed by atoms with van der Waals surface area (Å²) in [7, 11) is -0.865. The number of nitrogens with zero attached hydrogens (tertiary/aromatic N) is 1. The summed E-state index contributed by atoms with van der Waals surface area (Å²) < 4.78 is 32.5. The number of hydrogen-bond acceptors (Lipinski definition) is 5. The molecular weight excluding hydrogens is 420 g/mol. The monoisotopic (exact) mass is 442 g/mol. The van der Waals surface area contributed by atoms with Crippen LogP contribution >= 0.6 is 11.8 Å². The van der Waals surface area contributed by atoms with Crippen LogP contribution in [-0.4, -0.2) is 34.7 Å². The number of methoxy groups -OCH3 is 1. The number of carbonyl (C=O) groups excluding carboxylic acids is 1. The zero-order chi connectivity index (χ0) is 21.7. The van der Waals surface area contributed by atoms with Gasteiger partial charge in [-0.25, -0.2) is 8.42 Å². The molecule has 156 valence electrons. The summed E-state index contributed by atoms with van der Waals surface area (Å²) in [6.45, 7) is 0. The number of hydrogen-bond donors (Lipinski definition) is 1. The van der Waals surface area contributed by atoms with Gasteiger partial charge < -0.3 is 10.1 Å². The molecule has 0 aliphatic heterocycles. The van der Waals surface area contributed by atoms with E-state index in [9.17, 15) is 13.2 Å². The molecule has 8 heteroatoms. The van der Waals surface area contributed by atoms with Crippen molar-refractivity contribution in [3.63, 3.8) is 0 Å². The minimum Gasteiger partial charge on any atom is -0.495 e. The molecule has 0 aliphatic rings. The van der Waals surface area contributed by atoms with Crippen molar-refractivity contribution in [2.45, 2.75) is 9.79 Å². The maximum atomic E-state index is 13.0. The van der Waals surface area contributed by atoms with Crippen molar-refractivity contribution in [1.82, 2.24) is 0 Å². The third-order valence-electron chi connectivity index (χ3n) is 4.55. The number of ether oxygens (including phenoxy) is 1. The fourth-order valence-electron chi connectivity index (χ4n) is 2.90. The second-order valence-electron chi connectivity index (χ2n) is 6.32.